The van der Waals surface area contributed by atoms with Crippen LogP contribution in [0, 0.1) is 0 Å². The number of aliphatic hydroxyl groups excluding tert-OH is 5. The second-order valence-electron chi connectivity index (χ2n) is 16.5. The lowest BCUT2D eigenvalue weighted by Gasteiger charge is -2.40. The number of nitrogens with one attached hydrogen (secondary N) is 1. The molecule has 1 aliphatic rings. The van der Waals surface area contributed by atoms with Gasteiger partial charge in [-0.25, -0.2) is 0 Å². The topological polar surface area (TPSA) is 149 Å². The SMILES string of the molecule is CC/C=C\C/C=C\C/C=C\C/C=C\C/C=C\C/C=C\C/C=C\CCCCCCCCCCCC(=O)NC(COC1OC(CO)C(O)C(O)C1O)C(O)/C=C/CC/C=C/CC/C=C/CC. The maximum Gasteiger partial charge on any atom is 0.220 e. The summed E-state index contributed by atoms with van der Waals surface area (Å²) in [6.07, 6.45) is 58.4. The van der Waals surface area contributed by atoms with E-state index in [-0.39, 0.29) is 12.5 Å². The number of carbonyl (C=O) groups is 1. The van der Waals surface area contributed by atoms with E-state index < -0.39 is 49.5 Å². The molecule has 362 valence electrons. The summed E-state index contributed by atoms with van der Waals surface area (Å²) in [5.74, 6) is -0.207. The predicted molar refractivity (Wildman–Crippen MR) is 267 cm³/mol. The van der Waals surface area contributed by atoms with Crippen molar-refractivity contribution < 1.29 is 39.8 Å². The lowest BCUT2D eigenvalue weighted by Crippen LogP contribution is -2.60. The minimum Gasteiger partial charge on any atom is -0.394 e. The summed E-state index contributed by atoms with van der Waals surface area (Å²) in [5, 5.41) is 54.1. The molecule has 1 rings (SSSR count). The van der Waals surface area contributed by atoms with Crippen molar-refractivity contribution in [2.45, 2.75) is 204 Å². The molecule has 0 saturated carbocycles. The predicted octanol–water partition coefficient (Wildman–Crippen LogP) is 11.2. The molecular formula is C55H89NO8. The largest absolute Gasteiger partial charge is 0.394 e. The smallest absolute Gasteiger partial charge is 0.220 e. The lowest BCUT2D eigenvalue weighted by molar-refractivity contribution is -0.302. The van der Waals surface area contributed by atoms with Crippen molar-refractivity contribution in [3.63, 3.8) is 0 Å². The summed E-state index contributed by atoms with van der Waals surface area (Å²) in [6, 6.07) is -0.838. The Morgan fingerprint density at radius 2 is 0.938 bits per heavy atom. The van der Waals surface area contributed by atoms with Gasteiger partial charge in [-0.1, -0.05) is 180 Å². The Kier molecular flexibility index (Phi) is 39.8. The van der Waals surface area contributed by atoms with E-state index >= 15 is 0 Å². The molecule has 1 aliphatic heterocycles. The standard InChI is InChI=1S/C55H89NO8/c1-3-5-7-9-11-13-15-16-17-18-19-20-21-22-23-24-25-26-27-28-29-30-31-32-33-34-35-37-39-41-43-45-51(59)56-48(47-63-55-54(62)53(61)52(60)50(46-57)64-55)49(58)44-42-40-38-36-14-12-10-8-6-4-2/h5-8,11,13-14,16-17,19-20,22-23,25-26,28-29,36,42,44,48-50,52-55,57-58,60-62H,3-4,9-10,12,15,18,21,24,27,30-35,37-41,43,45-47H2,1-2H3,(H,56,59)/b7-5-,8-6+,13-11-,17-16-,20-19-,23-22-,26-25-,29-28-,36-14+,44-42+. The average Bonchev–Trinajstić information content (AvgIpc) is 3.29. The number of ether oxygens (including phenoxy) is 2. The maximum absolute atomic E-state index is 13.0. The third-order valence-corrected chi connectivity index (χ3v) is 10.8. The molecule has 0 aromatic carbocycles. The van der Waals surface area contributed by atoms with Gasteiger partial charge in [0.2, 0.25) is 5.91 Å². The highest BCUT2D eigenvalue weighted by Crippen LogP contribution is 2.22. The van der Waals surface area contributed by atoms with E-state index in [0.717, 1.165) is 109 Å². The van der Waals surface area contributed by atoms with E-state index in [9.17, 15) is 30.3 Å². The van der Waals surface area contributed by atoms with Crippen molar-refractivity contribution in [1.82, 2.24) is 5.32 Å². The summed E-state index contributed by atoms with van der Waals surface area (Å²) in [6.45, 7) is 3.48. The zero-order chi connectivity index (χ0) is 46.6. The fourth-order valence-electron chi connectivity index (χ4n) is 6.88. The van der Waals surface area contributed by atoms with Crippen LogP contribution in [0.5, 0.6) is 0 Å². The monoisotopic (exact) mass is 892 g/mol. The van der Waals surface area contributed by atoms with E-state index in [1.54, 1.807) is 6.08 Å². The second kappa shape index (κ2) is 43.5. The van der Waals surface area contributed by atoms with Crippen LogP contribution in [0.2, 0.25) is 0 Å². The Balaban J connectivity index is 2.22. The second-order valence-corrected chi connectivity index (χ2v) is 16.5. The number of aliphatic hydroxyl groups is 5. The van der Waals surface area contributed by atoms with Crippen LogP contribution in [-0.4, -0.2) is 87.5 Å². The number of rotatable bonds is 39. The van der Waals surface area contributed by atoms with Gasteiger partial charge in [0, 0.05) is 6.42 Å². The first-order valence-corrected chi connectivity index (χ1v) is 24.8. The molecule has 0 aliphatic carbocycles. The normalized spacial score (nSPS) is 21.1. The van der Waals surface area contributed by atoms with Crippen LogP contribution in [0.15, 0.2) is 122 Å². The third-order valence-electron chi connectivity index (χ3n) is 10.8. The molecule has 0 aromatic heterocycles. The van der Waals surface area contributed by atoms with Gasteiger partial charge in [0.25, 0.3) is 0 Å². The molecule has 6 N–H and O–H groups in total. The van der Waals surface area contributed by atoms with Gasteiger partial charge in [0.05, 0.1) is 25.4 Å². The molecule has 0 radical (unpaired) electrons. The minimum absolute atomic E-state index is 0.207. The molecule has 1 amide bonds. The molecular weight excluding hydrogens is 803 g/mol. The Labute approximate surface area is 388 Å². The molecule has 7 atom stereocenters. The first-order chi connectivity index (χ1) is 31.3. The average molecular weight is 892 g/mol. The molecule has 7 unspecified atom stereocenters. The zero-order valence-corrected chi connectivity index (χ0v) is 39.7. The van der Waals surface area contributed by atoms with Gasteiger partial charge in [0.1, 0.15) is 24.4 Å². The van der Waals surface area contributed by atoms with Crippen LogP contribution in [-0.2, 0) is 14.3 Å². The van der Waals surface area contributed by atoms with Gasteiger partial charge in [-0.3, -0.25) is 4.79 Å². The first kappa shape index (κ1) is 58.6. The van der Waals surface area contributed by atoms with Crippen molar-refractivity contribution in [3.8, 4) is 0 Å². The number of hydrogen-bond acceptors (Lipinski definition) is 8. The fourth-order valence-corrected chi connectivity index (χ4v) is 6.88. The van der Waals surface area contributed by atoms with Gasteiger partial charge < -0.3 is 40.3 Å². The summed E-state index contributed by atoms with van der Waals surface area (Å²) < 4.78 is 11.2. The quantitative estimate of drug-likeness (QED) is 0.0264. The van der Waals surface area contributed by atoms with Gasteiger partial charge >= 0.3 is 0 Å². The van der Waals surface area contributed by atoms with Crippen molar-refractivity contribution in [2.24, 2.45) is 0 Å². The number of carbonyl (C=O) groups excluding carboxylic acids is 1. The number of amides is 1. The zero-order valence-electron chi connectivity index (χ0n) is 39.7. The maximum atomic E-state index is 13.0. The molecule has 0 aromatic rings. The van der Waals surface area contributed by atoms with Crippen LogP contribution < -0.4 is 5.32 Å². The molecule has 9 heteroatoms. The molecule has 0 bridgehead atoms. The van der Waals surface area contributed by atoms with E-state index in [1.807, 2.05) is 6.08 Å². The van der Waals surface area contributed by atoms with Crippen molar-refractivity contribution in [2.75, 3.05) is 13.2 Å². The summed E-state index contributed by atoms with van der Waals surface area (Å²) in [5.41, 5.74) is 0. The molecule has 1 saturated heterocycles. The summed E-state index contributed by atoms with van der Waals surface area (Å²) in [4.78, 5) is 13.0. The Bertz CT molecular complexity index is 1410. The van der Waals surface area contributed by atoms with Gasteiger partial charge in [0.15, 0.2) is 6.29 Å². The van der Waals surface area contributed by atoms with E-state index in [0.29, 0.717) is 6.42 Å². The highest BCUT2D eigenvalue weighted by molar-refractivity contribution is 5.76. The number of unbranched alkanes of at least 4 members (excludes halogenated alkanes) is 11. The van der Waals surface area contributed by atoms with Crippen LogP contribution in [0.3, 0.4) is 0 Å². The summed E-state index contributed by atoms with van der Waals surface area (Å²) >= 11 is 0. The van der Waals surface area contributed by atoms with Crippen molar-refractivity contribution in [1.29, 1.82) is 0 Å². The lowest BCUT2D eigenvalue weighted by atomic mass is 9.99. The van der Waals surface area contributed by atoms with Gasteiger partial charge in [-0.05, 0) is 96.3 Å². The molecule has 0 spiro atoms. The Hall–Kier alpha value is -3.41. The molecule has 64 heavy (non-hydrogen) atoms. The van der Waals surface area contributed by atoms with Crippen LogP contribution >= 0.6 is 0 Å². The highest BCUT2D eigenvalue weighted by atomic mass is 16.7. The Morgan fingerprint density at radius 3 is 1.44 bits per heavy atom. The first-order valence-electron chi connectivity index (χ1n) is 24.8. The molecule has 1 heterocycles. The van der Waals surface area contributed by atoms with E-state index in [4.69, 9.17) is 9.47 Å². The number of hydrogen-bond donors (Lipinski definition) is 6. The molecule has 9 nitrogen and oxygen atoms in total. The van der Waals surface area contributed by atoms with E-state index in [2.05, 4.69) is 129 Å². The van der Waals surface area contributed by atoms with Crippen LogP contribution in [0.1, 0.15) is 162 Å². The van der Waals surface area contributed by atoms with Crippen molar-refractivity contribution in [3.05, 3.63) is 122 Å². The minimum atomic E-state index is -1.58. The summed E-state index contributed by atoms with van der Waals surface area (Å²) in [7, 11) is 0. The van der Waals surface area contributed by atoms with Gasteiger partial charge in [-0.15, -0.1) is 0 Å². The number of allylic oxidation sites excluding steroid dienone is 19. The highest BCUT2D eigenvalue weighted by Gasteiger charge is 2.44. The van der Waals surface area contributed by atoms with E-state index in [1.165, 1.54) is 32.1 Å². The van der Waals surface area contributed by atoms with Crippen molar-refractivity contribution >= 4 is 5.91 Å². The van der Waals surface area contributed by atoms with Crippen LogP contribution in [0.25, 0.3) is 0 Å². The Morgan fingerprint density at radius 1 is 0.531 bits per heavy atom. The van der Waals surface area contributed by atoms with Crippen LogP contribution in [0.4, 0.5) is 0 Å². The molecule has 1 fully saturated rings. The van der Waals surface area contributed by atoms with Gasteiger partial charge in [-0.2, -0.15) is 0 Å². The fraction of sp³-hybridized carbons (Fsp3) is 0.618. The third kappa shape index (κ3) is 33.1.